The largest absolute Gasteiger partial charge is 0.493 e. The first-order chi connectivity index (χ1) is 13.6. The lowest BCUT2D eigenvalue weighted by atomic mass is 10.1. The quantitative estimate of drug-likeness (QED) is 0.669. The Morgan fingerprint density at radius 1 is 1.18 bits per heavy atom. The van der Waals surface area contributed by atoms with Gasteiger partial charge in [0.2, 0.25) is 0 Å². The predicted octanol–water partition coefficient (Wildman–Crippen LogP) is 2.54. The number of hydrogen-bond acceptors (Lipinski definition) is 7. The molecule has 1 aromatic carbocycles. The molecule has 0 radical (unpaired) electrons. The van der Waals surface area contributed by atoms with Crippen molar-refractivity contribution in [2.24, 2.45) is 0 Å². The van der Waals surface area contributed by atoms with Crippen LogP contribution < -0.4 is 9.47 Å². The van der Waals surface area contributed by atoms with E-state index in [1.165, 1.54) is 19.3 Å². The third-order valence-electron chi connectivity index (χ3n) is 4.95. The zero-order valence-electron chi connectivity index (χ0n) is 16.8. The van der Waals surface area contributed by atoms with Crippen LogP contribution in [0.1, 0.15) is 30.5 Å². The van der Waals surface area contributed by atoms with Crippen molar-refractivity contribution in [1.82, 2.24) is 15.0 Å². The van der Waals surface area contributed by atoms with Crippen LogP contribution in [0.5, 0.6) is 11.5 Å². The number of likely N-dealkylation sites (tertiary alicyclic amines) is 1. The lowest BCUT2D eigenvalue weighted by Crippen LogP contribution is -2.38. The number of aromatic nitrogens is 1. The molecule has 28 heavy (non-hydrogen) atoms. The number of aliphatic hydroxyl groups is 1. The molecule has 0 saturated carbocycles. The highest BCUT2D eigenvalue weighted by atomic mass is 16.5. The summed E-state index contributed by atoms with van der Waals surface area (Å²) < 4.78 is 16.2. The highest BCUT2D eigenvalue weighted by Gasteiger charge is 2.16. The second-order valence-electron chi connectivity index (χ2n) is 7.47. The van der Waals surface area contributed by atoms with Crippen LogP contribution in [0.2, 0.25) is 0 Å². The molecule has 1 aromatic heterocycles. The molecule has 1 fully saturated rings. The van der Waals surface area contributed by atoms with Crippen LogP contribution in [-0.4, -0.2) is 66.6 Å². The van der Waals surface area contributed by atoms with E-state index in [1.54, 1.807) is 13.4 Å². The Hall–Kier alpha value is -2.09. The minimum absolute atomic E-state index is 0.255. The number of rotatable bonds is 10. The van der Waals surface area contributed by atoms with Crippen molar-refractivity contribution in [3.8, 4) is 11.5 Å². The van der Waals surface area contributed by atoms with Gasteiger partial charge < -0.3 is 24.0 Å². The highest BCUT2D eigenvalue weighted by Crippen LogP contribution is 2.29. The zero-order valence-corrected chi connectivity index (χ0v) is 16.8. The maximum Gasteiger partial charge on any atom is 0.161 e. The van der Waals surface area contributed by atoms with Crippen LogP contribution in [0.25, 0.3) is 0 Å². The number of ether oxygens (including phenoxy) is 2. The third kappa shape index (κ3) is 6.22. The fraction of sp³-hybridized carbons (Fsp3) is 0.571. The standard InChI is InChI=1S/C21H31N3O4/c1-23(14-18-8-11-28-22-18)13-17-6-7-20(26-2)21(12-17)27-16-19(25)15-24-9-4-3-5-10-24/h6-8,11-12,19,25H,3-5,9-10,13-16H2,1-2H3/t19-/m1/s1. The molecular weight excluding hydrogens is 358 g/mol. The van der Waals surface area contributed by atoms with Crippen LogP contribution in [0.3, 0.4) is 0 Å². The van der Waals surface area contributed by atoms with Gasteiger partial charge in [-0.2, -0.15) is 0 Å². The molecule has 0 spiro atoms. The van der Waals surface area contributed by atoms with E-state index in [-0.39, 0.29) is 6.61 Å². The first kappa shape index (κ1) is 20.6. The van der Waals surface area contributed by atoms with E-state index in [1.807, 2.05) is 31.3 Å². The van der Waals surface area contributed by atoms with Crippen LogP contribution in [-0.2, 0) is 13.1 Å². The second kappa shape index (κ2) is 10.5. The number of nitrogens with zero attached hydrogens (tertiary/aromatic N) is 3. The Balaban J connectivity index is 1.54. The van der Waals surface area contributed by atoms with Gasteiger partial charge in [-0.15, -0.1) is 0 Å². The van der Waals surface area contributed by atoms with Gasteiger partial charge in [0.05, 0.1) is 12.8 Å². The van der Waals surface area contributed by atoms with Gasteiger partial charge in [0, 0.05) is 25.7 Å². The van der Waals surface area contributed by atoms with Crippen molar-refractivity contribution in [3.05, 3.63) is 41.8 Å². The van der Waals surface area contributed by atoms with E-state index in [0.29, 0.717) is 24.6 Å². The Morgan fingerprint density at radius 2 is 2.00 bits per heavy atom. The van der Waals surface area contributed by atoms with E-state index < -0.39 is 6.10 Å². The van der Waals surface area contributed by atoms with E-state index in [0.717, 1.165) is 30.9 Å². The molecule has 0 unspecified atom stereocenters. The smallest absolute Gasteiger partial charge is 0.161 e. The minimum Gasteiger partial charge on any atom is -0.493 e. The van der Waals surface area contributed by atoms with Crippen LogP contribution in [0.15, 0.2) is 35.1 Å². The van der Waals surface area contributed by atoms with E-state index in [9.17, 15) is 5.11 Å². The van der Waals surface area contributed by atoms with Gasteiger partial charge in [0.25, 0.3) is 0 Å². The maximum absolute atomic E-state index is 10.4. The third-order valence-corrected chi connectivity index (χ3v) is 4.95. The van der Waals surface area contributed by atoms with Gasteiger partial charge in [0.1, 0.15) is 19.0 Å². The summed E-state index contributed by atoms with van der Waals surface area (Å²) in [5.74, 6) is 1.33. The topological polar surface area (TPSA) is 71.2 Å². The lowest BCUT2D eigenvalue weighted by molar-refractivity contribution is 0.0608. The molecule has 1 N–H and O–H groups in total. The van der Waals surface area contributed by atoms with Gasteiger partial charge in [-0.25, -0.2) is 0 Å². The van der Waals surface area contributed by atoms with Gasteiger partial charge in [-0.3, -0.25) is 4.90 Å². The minimum atomic E-state index is -0.513. The van der Waals surface area contributed by atoms with Gasteiger partial charge in [-0.1, -0.05) is 17.6 Å². The van der Waals surface area contributed by atoms with Crippen LogP contribution in [0, 0.1) is 0 Å². The summed E-state index contributed by atoms with van der Waals surface area (Å²) in [7, 11) is 3.66. The first-order valence-electron chi connectivity index (χ1n) is 9.92. The lowest BCUT2D eigenvalue weighted by Gasteiger charge is -2.28. The van der Waals surface area contributed by atoms with Gasteiger partial charge in [0.15, 0.2) is 11.5 Å². The molecule has 7 nitrogen and oxygen atoms in total. The van der Waals surface area contributed by atoms with Crippen molar-refractivity contribution in [2.75, 3.05) is 40.4 Å². The Kier molecular flexibility index (Phi) is 7.71. The molecule has 0 bridgehead atoms. The molecule has 3 rings (SSSR count). The van der Waals surface area contributed by atoms with E-state index in [2.05, 4.69) is 15.0 Å². The van der Waals surface area contributed by atoms with Crippen LogP contribution in [0.4, 0.5) is 0 Å². The summed E-state index contributed by atoms with van der Waals surface area (Å²) >= 11 is 0. The summed E-state index contributed by atoms with van der Waals surface area (Å²) in [4.78, 5) is 4.46. The predicted molar refractivity (Wildman–Crippen MR) is 106 cm³/mol. The van der Waals surface area contributed by atoms with Crippen molar-refractivity contribution in [2.45, 2.75) is 38.5 Å². The van der Waals surface area contributed by atoms with Crippen molar-refractivity contribution in [1.29, 1.82) is 0 Å². The summed E-state index contributed by atoms with van der Waals surface area (Å²) in [6, 6.07) is 7.77. The second-order valence-corrected chi connectivity index (χ2v) is 7.47. The number of β-amino-alcohol motifs (C(OH)–C–C–N with tert-alkyl or cyclic N) is 1. The summed E-state index contributed by atoms with van der Waals surface area (Å²) in [5.41, 5.74) is 2.00. The molecular formula is C21H31N3O4. The molecule has 2 heterocycles. The molecule has 1 aliphatic rings. The number of hydrogen-bond donors (Lipinski definition) is 1. The van der Waals surface area contributed by atoms with Gasteiger partial charge >= 0.3 is 0 Å². The van der Waals surface area contributed by atoms with Gasteiger partial charge in [-0.05, 0) is 50.7 Å². The molecule has 0 aliphatic carbocycles. The highest BCUT2D eigenvalue weighted by molar-refractivity contribution is 5.43. The summed E-state index contributed by atoms with van der Waals surface area (Å²) in [5, 5.41) is 14.3. The van der Waals surface area contributed by atoms with Crippen molar-refractivity contribution < 1.29 is 19.1 Å². The summed E-state index contributed by atoms with van der Waals surface area (Å²) in [6.45, 7) is 4.48. The number of aliphatic hydroxyl groups excluding tert-OH is 1. The van der Waals surface area contributed by atoms with E-state index >= 15 is 0 Å². The molecule has 2 aromatic rings. The molecule has 1 atom stereocenters. The fourth-order valence-corrected chi connectivity index (χ4v) is 3.57. The molecule has 1 saturated heterocycles. The normalized spacial score (nSPS) is 16.3. The number of methoxy groups -OCH3 is 1. The average molecular weight is 389 g/mol. The van der Waals surface area contributed by atoms with Crippen molar-refractivity contribution in [3.63, 3.8) is 0 Å². The van der Waals surface area contributed by atoms with Crippen molar-refractivity contribution >= 4 is 0 Å². The Bertz CT molecular complexity index is 702. The number of piperidine rings is 1. The van der Waals surface area contributed by atoms with Crippen LogP contribution >= 0.6 is 0 Å². The average Bonchev–Trinajstić information content (AvgIpc) is 3.20. The molecule has 154 valence electrons. The Labute approximate surface area is 166 Å². The molecule has 0 amide bonds. The fourth-order valence-electron chi connectivity index (χ4n) is 3.57. The zero-order chi connectivity index (χ0) is 19.8. The molecule has 1 aliphatic heterocycles. The maximum atomic E-state index is 10.4. The first-order valence-corrected chi connectivity index (χ1v) is 9.92. The molecule has 7 heteroatoms. The Morgan fingerprint density at radius 3 is 2.71 bits per heavy atom. The van der Waals surface area contributed by atoms with E-state index in [4.69, 9.17) is 14.0 Å². The SMILES string of the molecule is COc1ccc(CN(C)Cc2ccon2)cc1OC[C@H](O)CN1CCCCC1. The number of benzene rings is 1. The summed E-state index contributed by atoms with van der Waals surface area (Å²) in [6.07, 6.45) is 4.79. The monoisotopic (exact) mass is 389 g/mol.